The SMILES string of the molecule is O=C(OCc1ccccc1)N1CCC[C@@H](CS)C1. The molecular weight excluding hydrogens is 246 g/mol. The third kappa shape index (κ3) is 3.67. The van der Waals surface area contributed by atoms with Crippen LogP contribution >= 0.6 is 12.6 Å². The Morgan fingerprint density at radius 2 is 2.17 bits per heavy atom. The molecule has 0 aliphatic carbocycles. The van der Waals surface area contributed by atoms with Crippen molar-refractivity contribution in [3.05, 3.63) is 35.9 Å². The predicted octanol–water partition coefficient (Wildman–Crippen LogP) is 2.97. The maximum Gasteiger partial charge on any atom is 0.410 e. The third-order valence-corrected chi connectivity index (χ3v) is 3.76. The number of ether oxygens (including phenoxy) is 1. The lowest BCUT2D eigenvalue weighted by Gasteiger charge is -2.31. The van der Waals surface area contributed by atoms with E-state index < -0.39 is 0 Å². The number of piperidine rings is 1. The second kappa shape index (κ2) is 6.69. The largest absolute Gasteiger partial charge is 0.445 e. The van der Waals surface area contributed by atoms with Gasteiger partial charge >= 0.3 is 6.09 Å². The van der Waals surface area contributed by atoms with E-state index in [0.717, 1.165) is 37.2 Å². The zero-order valence-electron chi connectivity index (χ0n) is 10.4. The first-order valence-electron chi connectivity index (χ1n) is 6.36. The summed E-state index contributed by atoms with van der Waals surface area (Å²) >= 11 is 4.30. The van der Waals surface area contributed by atoms with Crippen LogP contribution in [0.2, 0.25) is 0 Å². The molecule has 0 unspecified atom stereocenters. The number of carbonyl (C=O) groups is 1. The summed E-state index contributed by atoms with van der Waals surface area (Å²) in [7, 11) is 0. The second-order valence-corrected chi connectivity index (χ2v) is 5.04. The number of nitrogens with zero attached hydrogens (tertiary/aromatic N) is 1. The summed E-state index contributed by atoms with van der Waals surface area (Å²) in [6.45, 7) is 1.93. The number of benzene rings is 1. The fourth-order valence-electron chi connectivity index (χ4n) is 2.19. The van der Waals surface area contributed by atoms with E-state index in [4.69, 9.17) is 4.74 Å². The van der Waals surface area contributed by atoms with Gasteiger partial charge in [0.2, 0.25) is 0 Å². The molecule has 1 amide bonds. The molecule has 0 saturated carbocycles. The van der Waals surface area contributed by atoms with Crippen molar-refractivity contribution in [1.29, 1.82) is 0 Å². The van der Waals surface area contributed by atoms with Crippen molar-refractivity contribution < 1.29 is 9.53 Å². The summed E-state index contributed by atoms with van der Waals surface area (Å²) < 4.78 is 5.32. The van der Waals surface area contributed by atoms with Crippen LogP contribution in [0.1, 0.15) is 18.4 Å². The topological polar surface area (TPSA) is 29.5 Å². The molecule has 0 aromatic heterocycles. The molecule has 0 N–H and O–H groups in total. The van der Waals surface area contributed by atoms with Crippen LogP contribution in [0.15, 0.2) is 30.3 Å². The van der Waals surface area contributed by atoms with E-state index in [1.807, 2.05) is 30.3 Å². The van der Waals surface area contributed by atoms with Gasteiger partial charge in [-0.15, -0.1) is 0 Å². The zero-order valence-corrected chi connectivity index (χ0v) is 11.3. The van der Waals surface area contributed by atoms with E-state index in [0.29, 0.717) is 12.5 Å². The van der Waals surface area contributed by atoms with Crippen LogP contribution in [-0.4, -0.2) is 29.8 Å². The quantitative estimate of drug-likeness (QED) is 0.851. The minimum absolute atomic E-state index is 0.203. The number of rotatable bonds is 3. The molecule has 3 nitrogen and oxygen atoms in total. The van der Waals surface area contributed by atoms with E-state index in [1.54, 1.807) is 4.90 Å². The van der Waals surface area contributed by atoms with Crippen molar-refractivity contribution in [1.82, 2.24) is 4.90 Å². The van der Waals surface area contributed by atoms with Gasteiger partial charge in [0.1, 0.15) is 6.61 Å². The fraction of sp³-hybridized carbons (Fsp3) is 0.500. The summed E-state index contributed by atoms with van der Waals surface area (Å²) in [6.07, 6.45) is 2.00. The van der Waals surface area contributed by atoms with Gasteiger partial charge in [-0.1, -0.05) is 30.3 Å². The van der Waals surface area contributed by atoms with Crippen LogP contribution in [-0.2, 0) is 11.3 Å². The summed E-state index contributed by atoms with van der Waals surface area (Å²) in [4.78, 5) is 13.7. The minimum atomic E-state index is -0.203. The van der Waals surface area contributed by atoms with Gasteiger partial charge in [0.25, 0.3) is 0 Å². The number of thiol groups is 1. The number of likely N-dealkylation sites (tertiary alicyclic amines) is 1. The Kier molecular flexibility index (Phi) is 4.93. The first kappa shape index (κ1) is 13.3. The molecule has 1 aromatic carbocycles. The maximum atomic E-state index is 11.9. The second-order valence-electron chi connectivity index (χ2n) is 4.68. The monoisotopic (exact) mass is 265 g/mol. The fourth-order valence-corrected chi connectivity index (χ4v) is 2.49. The summed E-state index contributed by atoms with van der Waals surface area (Å²) in [5.74, 6) is 1.34. The lowest BCUT2D eigenvalue weighted by molar-refractivity contribution is 0.0815. The summed E-state index contributed by atoms with van der Waals surface area (Å²) in [5.41, 5.74) is 1.02. The Morgan fingerprint density at radius 3 is 2.89 bits per heavy atom. The Balaban J connectivity index is 1.81. The molecule has 1 heterocycles. The Morgan fingerprint density at radius 1 is 1.39 bits per heavy atom. The third-order valence-electron chi connectivity index (χ3n) is 3.24. The molecule has 98 valence electrons. The molecule has 18 heavy (non-hydrogen) atoms. The van der Waals surface area contributed by atoms with E-state index in [2.05, 4.69) is 12.6 Å². The molecule has 1 fully saturated rings. The lowest BCUT2D eigenvalue weighted by atomic mass is 10.0. The number of hydrogen-bond donors (Lipinski definition) is 1. The van der Waals surface area contributed by atoms with Gasteiger partial charge in [-0.2, -0.15) is 12.6 Å². The lowest BCUT2D eigenvalue weighted by Crippen LogP contribution is -2.40. The summed E-state index contributed by atoms with van der Waals surface area (Å²) in [5, 5.41) is 0. The van der Waals surface area contributed by atoms with Gasteiger partial charge in [-0.25, -0.2) is 4.79 Å². The average Bonchev–Trinajstić information content (AvgIpc) is 2.46. The molecule has 1 saturated heterocycles. The van der Waals surface area contributed by atoms with Crippen LogP contribution in [0, 0.1) is 5.92 Å². The van der Waals surface area contributed by atoms with Crippen LogP contribution in [0.25, 0.3) is 0 Å². The standard InChI is InChI=1S/C14H19NO2S/c16-14(15-8-4-7-13(9-15)11-18)17-10-12-5-2-1-3-6-12/h1-3,5-6,13,18H,4,7-11H2/t13-/m1/s1. The molecule has 1 aromatic rings. The number of carbonyl (C=O) groups excluding carboxylic acids is 1. The molecule has 2 rings (SSSR count). The molecule has 1 aliphatic rings. The minimum Gasteiger partial charge on any atom is -0.445 e. The van der Waals surface area contributed by atoms with Gasteiger partial charge in [0.15, 0.2) is 0 Å². The van der Waals surface area contributed by atoms with Gasteiger partial charge in [-0.05, 0) is 30.1 Å². The predicted molar refractivity (Wildman–Crippen MR) is 74.8 cm³/mol. The van der Waals surface area contributed by atoms with E-state index >= 15 is 0 Å². The van der Waals surface area contributed by atoms with Gasteiger partial charge in [-0.3, -0.25) is 0 Å². The average molecular weight is 265 g/mol. The number of hydrogen-bond acceptors (Lipinski definition) is 3. The van der Waals surface area contributed by atoms with Crippen LogP contribution < -0.4 is 0 Å². The van der Waals surface area contributed by atoms with E-state index in [-0.39, 0.29) is 6.09 Å². The van der Waals surface area contributed by atoms with Crippen molar-refractivity contribution in [3.8, 4) is 0 Å². The molecular formula is C14H19NO2S. The maximum absolute atomic E-state index is 11.9. The van der Waals surface area contributed by atoms with E-state index in [1.165, 1.54) is 0 Å². The van der Waals surface area contributed by atoms with Crippen molar-refractivity contribution in [2.45, 2.75) is 19.4 Å². The Hall–Kier alpha value is -1.16. The Labute approximate surface area is 114 Å². The molecule has 1 aliphatic heterocycles. The van der Waals surface area contributed by atoms with Crippen LogP contribution in [0.4, 0.5) is 4.79 Å². The highest BCUT2D eigenvalue weighted by Gasteiger charge is 2.23. The molecule has 4 heteroatoms. The Bertz CT molecular complexity index is 383. The molecule has 0 spiro atoms. The van der Waals surface area contributed by atoms with Crippen molar-refractivity contribution >= 4 is 18.7 Å². The van der Waals surface area contributed by atoms with Crippen molar-refractivity contribution in [3.63, 3.8) is 0 Å². The molecule has 0 radical (unpaired) electrons. The smallest absolute Gasteiger partial charge is 0.410 e. The van der Waals surface area contributed by atoms with Crippen LogP contribution in [0.5, 0.6) is 0 Å². The molecule has 1 atom stereocenters. The van der Waals surface area contributed by atoms with Crippen LogP contribution in [0.3, 0.4) is 0 Å². The van der Waals surface area contributed by atoms with Gasteiger partial charge < -0.3 is 9.64 Å². The van der Waals surface area contributed by atoms with Gasteiger partial charge in [0.05, 0.1) is 0 Å². The highest BCUT2D eigenvalue weighted by Crippen LogP contribution is 2.18. The zero-order chi connectivity index (χ0) is 12.8. The first-order chi connectivity index (χ1) is 8.79. The highest BCUT2D eigenvalue weighted by molar-refractivity contribution is 7.80. The highest BCUT2D eigenvalue weighted by atomic mass is 32.1. The summed E-state index contributed by atoms with van der Waals surface area (Å²) in [6, 6.07) is 9.76. The normalized spacial score (nSPS) is 19.6. The molecule has 0 bridgehead atoms. The number of amides is 1. The van der Waals surface area contributed by atoms with Gasteiger partial charge in [0, 0.05) is 13.1 Å². The van der Waals surface area contributed by atoms with Crippen molar-refractivity contribution in [2.24, 2.45) is 5.92 Å². The van der Waals surface area contributed by atoms with E-state index in [9.17, 15) is 4.79 Å². The van der Waals surface area contributed by atoms with Crippen molar-refractivity contribution in [2.75, 3.05) is 18.8 Å². The first-order valence-corrected chi connectivity index (χ1v) is 6.99.